The maximum Gasteiger partial charge on any atom is 0.145 e. The predicted octanol–water partition coefficient (Wildman–Crippen LogP) is 2.57. The van der Waals surface area contributed by atoms with E-state index in [4.69, 9.17) is 0 Å². The third kappa shape index (κ3) is 1.17. The summed E-state index contributed by atoms with van der Waals surface area (Å²) >= 11 is 0. The van der Waals surface area contributed by atoms with Gasteiger partial charge in [-0.15, -0.1) is 0 Å². The molecule has 1 nitrogen and oxygen atoms in total. The van der Waals surface area contributed by atoms with Crippen LogP contribution >= 0.6 is 0 Å². The van der Waals surface area contributed by atoms with Crippen molar-refractivity contribution in [2.24, 2.45) is 23.7 Å². The van der Waals surface area contributed by atoms with Crippen molar-refractivity contribution in [3.05, 3.63) is 11.6 Å². The maximum absolute atomic E-state index is 10.9. The van der Waals surface area contributed by atoms with Crippen LogP contribution in [0.1, 0.15) is 32.1 Å². The lowest BCUT2D eigenvalue weighted by atomic mass is 9.67. The molecule has 2 unspecified atom stereocenters. The molecule has 2 atom stereocenters. The summed E-state index contributed by atoms with van der Waals surface area (Å²) in [5.74, 6) is 3.26. The van der Waals surface area contributed by atoms with Gasteiger partial charge in [0, 0.05) is 0 Å². The second-order valence-corrected chi connectivity index (χ2v) is 5.15. The maximum atomic E-state index is 10.9. The van der Waals surface area contributed by atoms with Crippen LogP contribution in [0.5, 0.6) is 0 Å². The zero-order valence-electron chi connectivity index (χ0n) is 7.91. The van der Waals surface area contributed by atoms with Crippen molar-refractivity contribution in [1.29, 1.82) is 0 Å². The van der Waals surface area contributed by atoms with Crippen molar-refractivity contribution in [3.8, 4) is 0 Å². The van der Waals surface area contributed by atoms with Crippen molar-refractivity contribution < 1.29 is 4.79 Å². The quantitative estimate of drug-likeness (QED) is 0.561. The topological polar surface area (TPSA) is 17.1 Å². The Balaban J connectivity index is 1.98. The Morgan fingerprint density at radius 3 is 2.38 bits per heavy atom. The van der Waals surface area contributed by atoms with Crippen molar-refractivity contribution in [2.45, 2.75) is 32.1 Å². The number of allylic oxidation sites excluding steroid dienone is 2. The van der Waals surface area contributed by atoms with Gasteiger partial charge in [-0.2, -0.15) is 0 Å². The fourth-order valence-corrected chi connectivity index (χ4v) is 3.85. The minimum atomic E-state index is 0.633. The van der Waals surface area contributed by atoms with Crippen molar-refractivity contribution in [3.63, 3.8) is 0 Å². The van der Waals surface area contributed by atoms with E-state index in [2.05, 4.69) is 6.08 Å². The Bertz CT molecular complexity index is 252. The average Bonchev–Trinajstić information content (AvgIpc) is 2.29. The van der Waals surface area contributed by atoms with Gasteiger partial charge in [0.05, 0.1) is 0 Å². The van der Waals surface area contributed by atoms with Gasteiger partial charge in [0.1, 0.15) is 6.29 Å². The first-order chi connectivity index (χ1) is 6.35. The zero-order valence-corrected chi connectivity index (χ0v) is 7.91. The molecule has 0 heterocycles. The van der Waals surface area contributed by atoms with Crippen molar-refractivity contribution >= 4 is 6.29 Å². The van der Waals surface area contributed by atoms with E-state index in [1.807, 2.05) is 0 Å². The monoisotopic (exact) mass is 176 g/mol. The zero-order chi connectivity index (χ0) is 8.84. The average molecular weight is 176 g/mol. The van der Waals surface area contributed by atoms with Crippen LogP contribution < -0.4 is 0 Å². The second-order valence-electron chi connectivity index (χ2n) is 5.15. The summed E-state index contributed by atoms with van der Waals surface area (Å²) in [6.07, 6.45) is 10.2. The van der Waals surface area contributed by atoms with Crippen LogP contribution in [0, 0.1) is 23.7 Å². The molecule has 4 bridgehead atoms. The Kier molecular flexibility index (Phi) is 1.61. The highest BCUT2D eigenvalue weighted by atomic mass is 16.1. The SMILES string of the molecule is O=CC1=CC2CC3CC(C2)CC1C3. The van der Waals surface area contributed by atoms with E-state index in [9.17, 15) is 4.79 Å². The molecule has 0 aliphatic heterocycles. The third-order valence-electron chi connectivity index (χ3n) is 4.21. The van der Waals surface area contributed by atoms with Crippen LogP contribution in [0.3, 0.4) is 0 Å². The number of hydrogen-bond acceptors (Lipinski definition) is 1. The molecule has 0 spiro atoms. The van der Waals surface area contributed by atoms with Gasteiger partial charge in [0.15, 0.2) is 0 Å². The molecule has 4 aliphatic carbocycles. The van der Waals surface area contributed by atoms with Crippen molar-refractivity contribution in [1.82, 2.24) is 0 Å². The standard InChI is InChI=1S/C12H16O/c13-7-12-6-10-2-8-1-9(3-10)5-11(12)4-8/h6-11H,1-5H2. The van der Waals surface area contributed by atoms with Gasteiger partial charge in [-0.3, -0.25) is 4.79 Å². The second kappa shape index (κ2) is 2.70. The highest BCUT2D eigenvalue weighted by Crippen LogP contribution is 2.50. The van der Waals surface area contributed by atoms with Crippen LogP contribution in [0.15, 0.2) is 11.6 Å². The van der Waals surface area contributed by atoms with Crippen LogP contribution in [-0.4, -0.2) is 6.29 Å². The van der Waals surface area contributed by atoms with E-state index in [1.54, 1.807) is 0 Å². The highest BCUT2D eigenvalue weighted by Gasteiger charge is 2.39. The predicted molar refractivity (Wildman–Crippen MR) is 51.2 cm³/mol. The van der Waals surface area contributed by atoms with Gasteiger partial charge in [-0.25, -0.2) is 0 Å². The number of hydrogen-bond donors (Lipinski definition) is 0. The smallest absolute Gasteiger partial charge is 0.145 e. The summed E-state index contributed by atoms with van der Waals surface area (Å²) in [4.78, 5) is 10.9. The van der Waals surface area contributed by atoms with Gasteiger partial charge >= 0.3 is 0 Å². The molecule has 2 fully saturated rings. The van der Waals surface area contributed by atoms with E-state index < -0.39 is 0 Å². The molecule has 0 N–H and O–H groups in total. The molecular formula is C12H16O. The van der Waals surface area contributed by atoms with Crippen LogP contribution in [0.4, 0.5) is 0 Å². The summed E-state index contributed by atoms with van der Waals surface area (Å²) in [7, 11) is 0. The molecule has 70 valence electrons. The fraction of sp³-hybridized carbons (Fsp3) is 0.750. The molecular weight excluding hydrogens is 160 g/mol. The first-order valence-electron chi connectivity index (χ1n) is 5.52. The molecule has 4 aliphatic rings. The minimum absolute atomic E-state index is 0.633. The molecule has 0 aromatic carbocycles. The Labute approximate surface area is 79.2 Å². The number of carbonyl (C=O) groups excluding carboxylic acids is 1. The fourth-order valence-electron chi connectivity index (χ4n) is 3.85. The molecule has 0 aromatic rings. The highest BCUT2D eigenvalue weighted by molar-refractivity contribution is 5.74. The summed E-state index contributed by atoms with van der Waals surface area (Å²) in [6.45, 7) is 0. The van der Waals surface area contributed by atoms with Crippen LogP contribution in [0.2, 0.25) is 0 Å². The summed E-state index contributed by atoms with van der Waals surface area (Å²) in [5.41, 5.74) is 1.13. The lowest BCUT2D eigenvalue weighted by molar-refractivity contribution is -0.105. The third-order valence-corrected chi connectivity index (χ3v) is 4.21. The summed E-state index contributed by atoms with van der Waals surface area (Å²) < 4.78 is 0. The Hall–Kier alpha value is -0.590. The number of rotatable bonds is 1. The first kappa shape index (κ1) is 7.78. The van der Waals surface area contributed by atoms with E-state index in [-0.39, 0.29) is 0 Å². The molecule has 13 heavy (non-hydrogen) atoms. The first-order valence-corrected chi connectivity index (χ1v) is 5.52. The Morgan fingerprint density at radius 2 is 1.77 bits per heavy atom. The molecule has 0 amide bonds. The minimum Gasteiger partial charge on any atom is -0.298 e. The molecule has 2 saturated carbocycles. The number of aldehydes is 1. The van der Waals surface area contributed by atoms with E-state index in [1.165, 1.54) is 32.1 Å². The summed E-state index contributed by atoms with van der Waals surface area (Å²) in [6, 6.07) is 0. The van der Waals surface area contributed by atoms with E-state index in [0.717, 1.165) is 29.6 Å². The number of carbonyl (C=O) groups is 1. The van der Waals surface area contributed by atoms with E-state index in [0.29, 0.717) is 5.92 Å². The van der Waals surface area contributed by atoms with Gasteiger partial charge in [0.25, 0.3) is 0 Å². The lowest BCUT2D eigenvalue weighted by Crippen LogP contribution is -2.28. The Morgan fingerprint density at radius 1 is 1.08 bits per heavy atom. The summed E-state index contributed by atoms with van der Waals surface area (Å²) in [5, 5.41) is 0. The normalized spacial score (nSPS) is 47.2. The van der Waals surface area contributed by atoms with Crippen LogP contribution in [-0.2, 0) is 4.79 Å². The van der Waals surface area contributed by atoms with E-state index >= 15 is 0 Å². The molecule has 1 heteroatoms. The largest absolute Gasteiger partial charge is 0.298 e. The molecule has 4 rings (SSSR count). The van der Waals surface area contributed by atoms with Gasteiger partial charge in [-0.1, -0.05) is 6.08 Å². The molecule has 0 radical (unpaired) electrons. The molecule has 0 aromatic heterocycles. The molecule has 0 saturated heterocycles. The van der Waals surface area contributed by atoms with Gasteiger partial charge in [-0.05, 0) is 61.3 Å². The lowest BCUT2D eigenvalue weighted by Gasteiger charge is -2.38. The van der Waals surface area contributed by atoms with Crippen LogP contribution in [0.25, 0.3) is 0 Å². The van der Waals surface area contributed by atoms with Crippen molar-refractivity contribution in [2.75, 3.05) is 0 Å². The van der Waals surface area contributed by atoms with Gasteiger partial charge < -0.3 is 0 Å². The van der Waals surface area contributed by atoms with Gasteiger partial charge in [0.2, 0.25) is 0 Å².